The zero-order chi connectivity index (χ0) is 20.3. The van der Waals surface area contributed by atoms with Gasteiger partial charge in [0.05, 0.1) is 22.9 Å². The highest BCUT2D eigenvalue weighted by Crippen LogP contribution is 2.27. The van der Waals surface area contributed by atoms with E-state index in [0.717, 1.165) is 31.1 Å². The standard InChI is InChI=1S/C21H25ClN2O3S/c1-3-20(16-9-8-14-6-4-5-7-15(14)12-16)23-21(25)18-13-17(10-11-19(18)22)24-28(2,26)27/h8-13,20,24H,3-7H2,1-2H3,(H,23,25). The number of carbonyl (C=O) groups excluding carboxylic acids is 1. The second kappa shape index (κ2) is 8.53. The molecular formula is C21H25ClN2O3S. The zero-order valence-electron chi connectivity index (χ0n) is 16.1. The number of halogens is 1. The van der Waals surface area contributed by atoms with E-state index in [0.29, 0.717) is 5.69 Å². The third kappa shape index (κ3) is 5.06. The van der Waals surface area contributed by atoms with Crippen molar-refractivity contribution in [3.8, 4) is 0 Å². The number of nitrogens with one attached hydrogen (secondary N) is 2. The first-order valence-electron chi connectivity index (χ1n) is 9.46. The number of amides is 1. The Morgan fingerprint density at radius 3 is 2.50 bits per heavy atom. The molecule has 1 aliphatic rings. The summed E-state index contributed by atoms with van der Waals surface area (Å²) in [5, 5.41) is 3.31. The second-order valence-electron chi connectivity index (χ2n) is 7.24. The van der Waals surface area contributed by atoms with Crippen LogP contribution in [0.2, 0.25) is 5.02 Å². The molecule has 7 heteroatoms. The largest absolute Gasteiger partial charge is 0.345 e. The number of hydrogen-bond acceptors (Lipinski definition) is 3. The lowest BCUT2D eigenvalue weighted by Gasteiger charge is -2.22. The van der Waals surface area contributed by atoms with Crippen LogP contribution in [0.5, 0.6) is 0 Å². The number of hydrogen-bond donors (Lipinski definition) is 2. The minimum Gasteiger partial charge on any atom is -0.345 e. The lowest BCUT2D eigenvalue weighted by atomic mass is 9.88. The third-order valence-electron chi connectivity index (χ3n) is 5.00. The summed E-state index contributed by atoms with van der Waals surface area (Å²) in [6, 6.07) is 10.8. The van der Waals surface area contributed by atoms with Gasteiger partial charge in [-0.15, -0.1) is 0 Å². The summed E-state index contributed by atoms with van der Waals surface area (Å²) in [7, 11) is -3.44. The quantitative estimate of drug-likeness (QED) is 0.723. The third-order valence-corrected chi connectivity index (χ3v) is 5.94. The van der Waals surface area contributed by atoms with E-state index in [1.165, 1.54) is 42.2 Å². The molecular weight excluding hydrogens is 396 g/mol. The Morgan fingerprint density at radius 1 is 1.11 bits per heavy atom. The molecule has 2 aromatic rings. The lowest BCUT2D eigenvalue weighted by molar-refractivity contribution is 0.0935. The van der Waals surface area contributed by atoms with Gasteiger partial charge >= 0.3 is 0 Å². The van der Waals surface area contributed by atoms with Gasteiger partial charge < -0.3 is 5.32 Å². The summed E-state index contributed by atoms with van der Waals surface area (Å²) in [6.45, 7) is 2.02. The molecule has 2 N–H and O–H groups in total. The van der Waals surface area contributed by atoms with Crippen LogP contribution in [0.1, 0.15) is 59.3 Å². The molecule has 3 rings (SSSR count). The summed E-state index contributed by atoms with van der Waals surface area (Å²) in [5.41, 5.74) is 4.40. The minimum atomic E-state index is -3.44. The molecule has 1 amide bonds. The molecule has 1 unspecified atom stereocenters. The van der Waals surface area contributed by atoms with Crippen LogP contribution in [0.3, 0.4) is 0 Å². The van der Waals surface area contributed by atoms with E-state index in [1.54, 1.807) is 0 Å². The van der Waals surface area contributed by atoms with Crippen molar-refractivity contribution in [2.75, 3.05) is 11.0 Å². The molecule has 1 atom stereocenters. The van der Waals surface area contributed by atoms with Crippen molar-refractivity contribution in [3.05, 3.63) is 63.7 Å². The molecule has 0 heterocycles. The van der Waals surface area contributed by atoms with Crippen molar-refractivity contribution in [1.82, 2.24) is 5.32 Å². The van der Waals surface area contributed by atoms with Crippen LogP contribution in [-0.4, -0.2) is 20.6 Å². The van der Waals surface area contributed by atoms with E-state index in [-0.39, 0.29) is 22.5 Å². The predicted molar refractivity (Wildman–Crippen MR) is 114 cm³/mol. The van der Waals surface area contributed by atoms with E-state index >= 15 is 0 Å². The smallest absolute Gasteiger partial charge is 0.253 e. The maximum Gasteiger partial charge on any atom is 0.253 e. The molecule has 1 aliphatic carbocycles. The molecule has 0 fully saturated rings. The Bertz CT molecular complexity index is 989. The highest BCUT2D eigenvalue weighted by Gasteiger charge is 2.19. The van der Waals surface area contributed by atoms with Crippen LogP contribution in [-0.2, 0) is 22.9 Å². The fraction of sp³-hybridized carbons (Fsp3) is 0.381. The Labute approximate surface area is 171 Å². The SMILES string of the molecule is CCC(NC(=O)c1cc(NS(C)(=O)=O)ccc1Cl)c1ccc2c(c1)CCCC2. The van der Waals surface area contributed by atoms with E-state index in [2.05, 4.69) is 28.2 Å². The average molecular weight is 421 g/mol. The van der Waals surface area contributed by atoms with Crippen LogP contribution in [0, 0.1) is 0 Å². The summed E-state index contributed by atoms with van der Waals surface area (Å²) >= 11 is 6.19. The van der Waals surface area contributed by atoms with Gasteiger partial charge in [-0.1, -0.05) is 36.7 Å². The first kappa shape index (κ1) is 20.7. The lowest BCUT2D eigenvalue weighted by Crippen LogP contribution is -2.28. The summed E-state index contributed by atoms with van der Waals surface area (Å²) in [6.07, 6.45) is 6.44. The van der Waals surface area contributed by atoms with Gasteiger partial charge in [0.2, 0.25) is 10.0 Å². The normalized spacial score (nSPS) is 14.8. The summed E-state index contributed by atoms with van der Waals surface area (Å²) in [4.78, 5) is 12.8. The van der Waals surface area contributed by atoms with Gasteiger partial charge in [-0.25, -0.2) is 8.42 Å². The monoisotopic (exact) mass is 420 g/mol. The highest BCUT2D eigenvalue weighted by atomic mass is 35.5. The Kier molecular flexibility index (Phi) is 6.30. The van der Waals surface area contributed by atoms with Gasteiger partial charge in [-0.05, 0) is 67.0 Å². The summed E-state index contributed by atoms with van der Waals surface area (Å²) < 4.78 is 25.3. The first-order chi connectivity index (χ1) is 13.3. The van der Waals surface area contributed by atoms with Crippen molar-refractivity contribution in [3.63, 3.8) is 0 Å². The van der Waals surface area contributed by atoms with Gasteiger partial charge in [-0.3, -0.25) is 9.52 Å². The van der Waals surface area contributed by atoms with Gasteiger partial charge in [-0.2, -0.15) is 0 Å². The molecule has 5 nitrogen and oxygen atoms in total. The van der Waals surface area contributed by atoms with Gasteiger partial charge in [0.1, 0.15) is 0 Å². The minimum absolute atomic E-state index is 0.137. The van der Waals surface area contributed by atoms with Crippen molar-refractivity contribution >= 4 is 33.2 Å². The van der Waals surface area contributed by atoms with Crippen LogP contribution in [0.15, 0.2) is 36.4 Å². The molecule has 28 heavy (non-hydrogen) atoms. The molecule has 150 valence electrons. The molecule has 0 radical (unpaired) electrons. The number of aryl methyl sites for hydroxylation is 2. The second-order valence-corrected chi connectivity index (χ2v) is 9.39. The number of anilines is 1. The van der Waals surface area contributed by atoms with E-state index < -0.39 is 10.0 Å². The molecule has 0 bridgehead atoms. The molecule has 0 aromatic heterocycles. The maximum absolute atomic E-state index is 12.8. The zero-order valence-corrected chi connectivity index (χ0v) is 17.7. The van der Waals surface area contributed by atoms with Crippen molar-refractivity contribution in [2.45, 2.75) is 45.1 Å². The topological polar surface area (TPSA) is 75.3 Å². The maximum atomic E-state index is 12.8. The van der Waals surface area contributed by atoms with E-state index in [9.17, 15) is 13.2 Å². The number of fused-ring (bicyclic) bond motifs is 1. The Morgan fingerprint density at radius 2 is 1.82 bits per heavy atom. The van der Waals surface area contributed by atoms with Crippen LogP contribution >= 0.6 is 11.6 Å². The Balaban J connectivity index is 1.81. The fourth-order valence-corrected chi connectivity index (χ4v) is 4.36. The molecule has 0 saturated heterocycles. The number of carbonyl (C=O) groups is 1. The van der Waals surface area contributed by atoms with Crippen molar-refractivity contribution < 1.29 is 13.2 Å². The fourth-order valence-electron chi connectivity index (χ4n) is 3.60. The number of sulfonamides is 1. The highest BCUT2D eigenvalue weighted by molar-refractivity contribution is 7.92. The van der Waals surface area contributed by atoms with E-state index in [1.807, 2.05) is 6.92 Å². The molecule has 0 spiro atoms. The number of rotatable bonds is 6. The first-order valence-corrected chi connectivity index (χ1v) is 11.7. The van der Waals surface area contributed by atoms with Crippen LogP contribution < -0.4 is 10.0 Å². The average Bonchev–Trinajstić information content (AvgIpc) is 2.66. The molecule has 0 aliphatic heterocycles. The molecule has 0 saturated carbocycles. The van der Waals surface area contributed by atoms with Crippen LogP contribution in [0.4, 0.5) is 5.69 Å². The molecule has 2 aromatic carbocycles. The van der Waals surface area contributed by atoms with Crippen molar-refractivity contribution in [2.24, 2.45) is 0 Å². The Hall–Kier alpha value is -2.05. The predicted octanol–water partition coefficient (Wildman–Crippen LogP) is 4.47. The van der Waals surface area contributed by atoms with Crippen molar-refractivity contribution in [1.29, 1.82) is 0 Å². The number of benzene rings is 2. The van der Waals surface area contributed by atoms with Gasteiger partial charge in [0, 0.05) is 5.69 Å². The van der Waals surface area contributed by atoms with Crippen LogP contribution in [0.25, 0.3) is 0 Å². The summed E-state index contributed by atoms with van der Waals surface area (Å²) in [5.74, 6) is -0.327. The van der Waals surface area contributed by atoms with Gasteiger partial charge in [0.25, 0.3) is 5.91 Å². The van der Waals surface area contributed by atoms with Gasteiger partial charge in [0.15, 0.2) is 0 Å². The van der Waals surface area contributed by atoms with E-state index in [4.69, 9.17) is 11.6 Å².